The predicted octanol–water partition coefficient (Wildman–Crippen LogP) is 1.57. The first-order valence-electron chi connectivity index (χ1n) is 6.51. The summed E-state index contributed by atoms with van der Waals surface area (Å²) < 4.78 is 2.00. The fraction of sp³-hybridized carbons (Fsp3) is 0.462. The minimum atomic E-state index is 0.549. The minimum Gasteiger partial charge on any atom is -0.363 e. The molecule has 4 rings (SSSR count). The van der Waals surface area contributed by atoms with Crippen molar-refractivity contribution in [2.75, 3.05) is 11.4 Å². The van der Waals surface area contributed by atoms with Gasteiger partial charge in [0.15, 0.2) is 5.82 Å². The third-order valence-electron chi connectivity index (χ3n) is 3.77. The molecule has 2 aliphatic rings. The van der Waals surface area contributed by atoms with Gasteiger partial charge >= 0.3 is 0 Å². The van der Waals surface area contributed by atoms with Crippen LogP contribution in [0.25, 0.3) is 0 Å². The van der Waals surface area contributed by atoms with Gasteiger partial charge in [0.25, 0.3) is 0 Å². The first kappa shape index (κ1) is 10.1. The molecule has 1 aliphatic heterocycles. The molecule has 2 aromatic rings. The molecule has 0 unspecified atom stereocenters. The molecule has 0 bridgehead atoms. The Morgan fingerprint density at radius 1 is 1.22 bits per heavy atom. The van der Waals surface area contributed by atoms with Crippen LogP contribution in [-0.4, -0.2) is 26.8 Å². The van der Waals surface area contributed by atoms with E-state index in [-0.39, 0.29) is 0 Å². The third kappa shape index (κ3) is 1.58. The van der Waals surface area contributed by atoms with Gasteiger partial charge in [-0.25, -0.2) is 4.68 Å². The second kappa shape index (κ2) is 3.80. The van der Waals surface area contributed by atoms with E-state index in [4.69, 9.17) is 0 Å². The summed E-state index contributed by atoms with van der Waals surface area (Å²) in [5, 5.41) is 12.1. The molecule has 0 N–H and O–H groups in total. The van der Waals surface area contributed by atoms with E-state index < -0.39 is 0 Å². The minimum absolute atomic E-state index is 0.549. The van der Waals surface area contributed by atoms with E-state index in [1.807, 2.05) is 4.68 Å². The van der Waals surface area contributed by atoms with Crippen molar-refractivity contribution < 1.29 is 0 Å². The lowest BCUT2D eigenvalue weighted by Crippen LogP contribution is -2.22. The van der Waals surface area contributed by atoms with Gasteiger partial charge in [-0.05, 0) is 41.3 Å². The van der Waals surface area contributed by atoms with Gasteiger partial charge in [0, 0.05) is 12.2 Å². The molecule has 0 saturated heterocycles. The normalized spacial score (nSPS) is 18.1. The lowest BCUT2D eigenvalue weighted by atomic mass is 10.2. The van der Waals surface area contributed by atoms with Gasteiger partial charge in [0.1, 0.15) is 0 Å². The Labute approximate surface area is 105 Å². The van der Waals surface area contributed by atoms with E-state index in [2.05, 4.69) is 44.7 Å². The monoisotopic (exact) mass is 241 g/mol. The molecule has 0 atom stereocenters. The number of hydrogen-bond acceptors (Lipinski definition) is 4. The maximum absolute atomic E-state index is 4.17. The van der Waals surface area contributed by atoms with Crippen LogP contribution in [0.15, 0.2) is 24.3 Å². The summed E-state index contributed by atoms with van der Waals surface area (Å²) >= 11 is 0. The lowest BCUT2D eigenvalue weighted by Gasteiger charge is -2.18. The fourth-order valence-electron chi connectivity index (χ4n) is 2.66. The highest BCUT2D eigenvalue weighted by Gasteiger charge is 2.29. The summed E-state index contributed by atoms with van der Waals surface area (Å²) in [5.41, 5.74) is 2.77. The van der Waals surface area contributed by atoms with E-state index in [0.717, 1.165) is 25.3 Å². The third-order valence-corrected chi connectivity index (χ3v) is 3.77. The van der Waals surface area contributed by atoms with E-state index in [1.165, 1.54) is 24.1 Å². The number of tetrazole rings is 1. The maximum atomic E-state index is 4.17. The second-order valence-electron chi connectivity index (χ2n) is 5.07. The van der Waals surface area contributed by atoms with Crippen molar-refractivity contribution in [1.82, 2.24) is 20.2 Å². The largest absolute Gasteiger partial charge is 0.363 e. The topological polar surface area (TPSA) is 46.8 Å². The number of nitrogens with zero attached hydrogens (tertiary/aromatic N) is 5. The summed E-state index contributed by atoms with van der Waals surface area (Å²) in [6.07, 6.45) is 3.56. The molecular weight excluding hydrogens is 226 g/mol. The number of aromatic nitrogens is 4. The Hall–Kier alpha value is -1.91. The summed E-state index contributed by atoms with van der Waals surface area (Å²) in [5.74, 6) is 0.995. The van der Waals surface area contributed by atoms with E-state index in [9.17, 15) is 0 Å². The van der Waals surface area contributed by atoms with Crippen molar-refractivity contribution in [2.24, 2.45) is 0 Å². The number of fused-ring (bicyclic) bond motifs is 1. The quantitative estimate of drug-likeness (QED) is 0.818. The van der Waals surface area contributed by atoms with Crippen LogP contribution in [0.5, 0.6) is 0 Å². The molecule has 1 aliphatic carbocycles. The number of hydrogen-bond donors (Lipinski definition) is 0. The summed E-state index contributed by atoms with van der Waals surface area (Å²) in [6.45, 7) is 1.89. The Kier molecular flexibility index (Phi) is 2.12. The van der Waals surface area contributed by atoms with Gasteiger partial charge in [-0.2, -0.15) is 0 Å². The fourth-order valence-corrected chi connectivity index (χ4v) is 2.66. The first-order valence-corrected chi connectivity index (χ1v) is 6.51. The van der Waals surface area contributed by atoms with Crippen molar-refractivity contribution in [3.63, 3.8) is 0 Å². The highest BCUT2D eigenvalue weighted by Crippen LogP contribution is 2.35. The van der Waals surface area contributed by atoms with Crippen molar-refractivity contribution in [1.29, 1.82) is 0 Å². The molecule has 18 heavy (non-hydrogen) atoms. The molecule has 1 aromatic carbocycles. The maximum Gasteiger partial charge on any atom is 0.170 e. The zero-order valence-corrected chi connectivity index (χ0v) is 10.2. The first-order chi connectivity index (χ1) is 8.92. The van der Waals surface area contributed by atoms with Gasteiger partial charge in [0.2, 0.25) is 0 Å². The van der Waals surface area contributed by atoms with Crippen LogP contribution in [0.3, 0.4) is 0 Å². The average molecular weight is 241 g/mol. The van der Waals surface area contributed by atoms with Crippen LogP contribution < -0.4 is 4.90 Å². The number of benzene rings is 1. The van der Waals surface area contributed by atoms with Crippen LogP contribution in [-0.2, 0) is 13.0 Å². The molecule has 2 heterocycles. The smallest absolute Gasteiger partial charge is 0.170 e. The lowest BCUT2D eigenvalue weighted by molar-refractivity contribution is 0.576. The molecule has 5 heteroatoms. The van der Waals surface area contributed by atoms with Gasteiger partial charge in [-0.3, -0.25) is 0 Å². The van der Waals surface area contributed by atoms with Crippen molar-refractivity contribution in [2.45, 2.75) is 31.8 Å². The van der Waals surface area contributed by atoms with Gasteiger partial charge in [-0.1, -0.05) is 18.2 Å². The van der Waals surface area contributed by atoms with Gasteiger partial charge < -0.3 is 4.90 Å². The molecule has 1 fully saturated rings. The van der Waals surface area contributed by atoms with E-state index >= 15 is 0 Å². The van der Waals surface area contributed by atoms with Gasteiger partial charge in [0.05, 0.1) is 12.6 Å². The van der Waals surface area contributed by atoms with E-state index in [1.54, 1.807) is 0 Å². The molecule has 1 saturated carbocycles. The summed E-state index contributed by atoms with van der Waals surface area (Å²) in [4.78, 5) is 2.37. The standard InChI is InChI=1S/C13H15N5/c1-2-4-12-10(3-1)7-8-17(12)9-13-14-15-16-18(13)11-5-6-11/h1-4,11H,5-9H2. The highest BCUT2D eigenvalue weighted by atomic mass is 15.6. The average Bonchev–Trinajstić information content (AvgIpc) is 3.01. The van der Waals surface area contributed by atoms with Crippen LogP contribution in [0.1, 0.15) is 30.3 Å². The Bertz CT molecular complexity index is 572. The zero-order valence-electron chi connectivity index (χ0n) is 10.2. The van der Waals surface area contributed by atoms with Crippen LogP contribution in [0.4, 0.5) is 5.69 Å². The SMILES string of the molecule is c1ccc2c(c1)CCN2Cc1nnnn1C1CC1. The zero-order chi connectivity index (χ0) is 11.9. The summed E-state index contributed by atoms with van der Waals surface area (Å²) in [6, 6.07) is 9.15. The molecule has 1 aromatic heterocycles. The molecule has 0 amide bonds. The molecule has 0 spiro atoms. The highest BCUT2D eigenvalue weighted by molar-refractivity contribution is 5.57. The van der Waals surface area contributed by atoms with Crippen LogP contribution >= 0.6 is 0 Å². The molecular formula is C13H15N5. The Balaban J connectivity index is 1.60. The van der Waals surface area contributed by atoms with Crippen LogP contribution in [0, 0.1) is 0 Å². The van der Waals surface area contributed by atoms with Crippen molar-refractivity contribution in [3.05, 3.63) is 35.7 Å². The molecule has 5 nitrogen and oxygen atoms in total. The second-order valence-corrected chi connectivity index (χ2v) is 5.07. The molecule has 0 radical (unpaired) electrons. The van der Waals surface area contributed by atoms with Gasteiger partial charge in [-0.15, -0.1) is 5.10 Å². The Morgan fingerprint density at radius 2 is 2.11 bits per heavy atom. The number of anilines is 1. The Morgan fingerprint density at radius 3 is 3.00 bits per heavy atom. The molecule has 92 valence electrons. The number of rotatable bonds is 3. The van der Waals surface area contributed by atoms with E-state index in [0.29, 0.717) is 6.04 Å². The van der Waals surface area contributed by atoms with Crippen molar-refractivity contribution in [3.8, 4) is 0 Å². The summed E-state index contributed by atoms with van der Waals surface area (Å²) in [7, 11) is 0. The van der Waals surface area contributed by atoms with Crippen LogP contribution in [0.2, 0.25) is 0 Å². The van der Waals surface area contributed by atoms with Crippen molar-refractivity contribution >= 4 is 5.69 Å². The predicted molar refractivity (Wildman–Crippen MR) is 67.3 cm³/mol. The number of para-hydroxylation sites is 1.